The van der Waals surface area contributed by atoms with E-state index in [1.54, 1.807) is 12.1 Å². The van der Waals surface area contributed by atoms with Crippen molar-refractivity contribution in [2.45, 2.75) is 0 Å². The van der Waals surface area contributed by atoms with E-state index in [0.717, 1.165) is 21.8 Å². The van der Waals surface area contributed by atoms with E-state index in [-0.39, 0.29) is 0 Å². The Labute approximate surface area is 121 Å². The summed E-state index contributed by atoms with van der Waals surface area (Å²) in [6.45, 7) is 0. The summed E-state index contributed by atoms with van der Waals surface area (Å²) in [7, 11) is 1.96. The van der Waals surface area contributed by atoms with Gasteiger partial charge in [-0.25, -0.2) is 0 Å². The number of aromatic hydroxyl groups is 2. The second-order valence-corrected chi connectivity index (χ2v) is 4.85. The molecule has 4 rings (SSSR count). The first-order chi connectivity index (χ1) is 10.2. The molecular weight excluding hydrogens is 264 g/mol. The zero-order valence-corrected chi connectivity index (χ0v) is 11.6. The van der Waals surface area contributed by atoms with Gasteiger partial charge < -0.3 is 19.8 Å². The van der Waals surface area contributed by atoms with Gasteiger partial charge in [0.2, 0.25) is 0 Å². The van der Waals surface area contributed by atoms with E-state index in [0.29, 0.717) is 11.5 Å². The number of aromatic nitrogens is 2. The Morgan fingerprint density at radius 1 is 0.857 bits per heavy atom. The minimum atomic E-state index is 0.332. The van der Waals surface area contributed by atoms with Crippen LogP contribution in [0.4, 0.5) is 0 Å². The van der Waals surface area contributed by atoms with E-state index in [4.69, 9.17) is 0 Å². The highest BCUT2D eigenvalue weighted by atomic mass is 16.3. The summed E-state index contributed by atoms with van der Waals surface area (Å²) in [5, 5.41) is 20.4. The van der Waals surface area contributed by atoms with Crippen molar-refractivity contribution in [3.8, 4) is 11.5 Å². The van der Waals surface area contributed by atoms with Crippen molar-refractivity contribution in [1.82, 2.24) is 9.55 Å². The van der Waals surface area contributed by atoms with Crippen molar-refractivity contribution in [3.63, 3.8) is 0 Å². The average molecular weight is 280 g/mol. The van der Waals surface area contributed by atoms with E-state index in [9.17, 15) is 10.2 Å². The van der Waals surface area contributed by atoms with Crippen LogP contribution >= 0.6 is 0 Å². The summed E-state index contributed by atoms with van der Waals surface area (Å²) in [6.07, 6.45) is 3.74. The molecule has 0 bridgehead atoms. The normalized spacial score (nSPS) is 10.5. The van der Waals surface area contributed by atoms with Crippen LogP contribution in [0.3, 0.4) is 0 Å². The van der Waals surface area contributed by atoms with E-state index in [1.807, 2.05) is 60.4 Å². The van der Waals surface area contributed by atoms with Crippen LogP contribution in [0.5, 0.6) is 11.5 Å². The van der Waals surface area contributed by atoms with E-state index < -0.39 is 0 Å². The van der Waals surface area contributed by atoms with Crippen LogP contribution in [-0.2, 0) is 7.05 Å². The maximum Gasteiger partial charge on any atom is 0.124 e. The van der Waals surface area contributed by atoms with Crippen LogP contribution in [-0.4, -0.2) is 19.8 Å². The zero-order chi connectivity index (χ0) is 14.8. The van der Waals surface area contributed by atoms with Crippen molar-refractivity contribution >= 4 is 21.8 Å². The summed E-state index contributed by atoms with van der Waals surface area (Å²) in [4.78, 5) is 3.00. The highest BCUT2D eigenvalue weighted by Gasteiger charge is 2.00. The Morgan fingerprint density at radius 3 is 2.29 bits per heavy atom. The monoisotopic (exact) mass is 280 g/mol. The Bertz CT molecular complexity index is 890. The zero-order valence-electron chi connectivity index (χ0n) is 11.6. The van der Waals surface area contributed by atoms with Gasteiger partial charge in [-0.2, -0.15) is 0 Å². The van der Waals surface area contributed by atoms with Gasteiger partial charge >= 0.3 is 0 Å². The van der Waals surface area contributed by atoms with Crippen molar-refractivity contribution in [3.05, 3.63) is 60.9 Å². The predicted octanol–water partition coefficient (Wildman–Crippen LogP) is 3.76. The molecule has 106 valence electrons. The first kappa shape index (κ1) is 13.1. The molecule has 21 heavy (non-hydrogen) atoms. The second-order valence-electron chi connectivity index (χ2n) is 4.85. The third-order valence-corrected chi connectivity index (χ3v) is 3.48. The predicted molar refractivity (Wildman–Crippen MR) is 84.5 cm³/mol. The summed E-state index contributed by atoms with van der Waals surface area (Å²) in [6, 6.07) is 14.7. The first-order valence-electron chi connectivity index (χ1n) is 6.65. The number of hydrogen-bond acceptors (Lipinski definition) is 2. The van der Waals surface area contributed by atoms with Gasteiger partial charge in [0.1, 0.15) is 11.5 Å². The second kappa shape index (κ2) is 5.25. The smallest absolute Gasteiger partial charge is 0.124 e. The molecule has 0 unspecified atom stereocenters. The standard InChI is InChI=1S/C9H9NO.C8H7NO/c1-10-6-5-7-8(10)3-2-4-9(7)11;10-8-3-1-2-7-6(8)4-5-9-7/h2-6,11H,1H3;1-5,9-10H. The molecule has 2 aromatic heterocycles. The van der Waals surface area contributed by atoms with Crippen molar-refractivity contribution in [2.75, 3.05) is 0 Å². The largest absolute Gasteiger partial charge is 0.507 e. The molecule has 0 aliphatic rings. The van der Waals surface area contributed by atoms with Crippen LogP contribution in [0.25, 0.3) is 21.8 Å². The molecule has 0 aliphatic carbocycles. The minimum absolute atomic E-state index is 0.332. The molecule has 0 spiro atoms. The molecule has 0 atom stereocenters. The number of fused-ring (bicyclic) bond motifs is 2. The quantitative estimate of drug-likeness (QED) is 0.459. The van der Waals surface area contributed by atoms with Gasteiger partial charge in [0, 0.05) is 35.7 Å². The van der Waals surface area contributed by atoms with Gasteiger partial charge in [-0.15, -0.1) is 0 Å². The molecule has 3 N–H and O–H groups in total. The van der Waals surface area contributed by atoms with E-state index in [1.165, 1.54) is 0 Å². The average Bonchev–Trinajstić information content (AvgIpc) is 3.09. The topological polar surface area (TPSA) is 61.2 Å². The molecule has 4 nitrogen and oxygen atoms in total. The molecule has 0 aliphatic heterocycles. The van der Waals surface area contributed by atoms with Gasteiger partial charge in [-0.3, -0.25) is 0 Å². The maximum atomic E-state index is 9.37. The third-order valence-electron chi connectivity index (χ3n) is 3.48. The van der Waals surface area contributed by atoms with Crippen LogP contribution in [0.15, 0.2) is 60.9 Å². The van der Waals surface area contributed by atoms with Crippen LogP contribution in [0.1, 0.15) is 0 Å². The number of hydrogen-bond donors (Lipinski definition) is 3. The molecule has 2 heterocycles. The molecule has 0 saturated carbocycles. The van der Waals surface area contributed by atoms with Crippen LogP contribution < -0.4 is 0 Å². The molecule has 4 aromatic rings. The third kappa shape index (κ3) is 2.43. The summed E-state index contributed by atoms with van der Waals surface area (Å²) < 4.78 is 1.98. The lowest BCUT2D eigenvalue weighted by Crippen LogP contribution is -1.81. The fourth-order valence-electron chi connectivity index (χ4n) is 2.35. The highest BCUT2D eigenvalue weighted by molar-refractivity contribution is 5.86. The number of nitrogens with zero attached hydrogens (tertiary/aromatic N) is 1. The Balaban J connectivity index is 0.000000126. The number of aromatic amines is 1. The molecule has 0 radical (unpaired) electrons. The fourth-order valence-corrected chi connectivity index (χ4v) is 2.35. The van der Waals surface area contributed by atoms with E-state index in [2.05, 4.69) is 4.98 Å². The van der Waals surface area contributed by atoms with Crippen LogP contribution in [0, 0.1) is 0 Å². The number of benzene rings is 2. The van der Waals surface area contributed by atoms with Crippen LogP contribution in [0.2, 0.25) is 0 Å². The van der Waals surface area contributed by atoms with Crippen molar-refractivity contribution in [2.24, 2.45) is 7.05 Å². The number of aryl methyl sites for hydroxylation is 1. The van der Waals surface area contributed by atoms with Gasteiger partial charge in [0.05, 0.1) is 5.52 Å². The lowest BCUT2D eigenvalue weighted by Gasteiger charge is -1.96. The van der Waals surface area contributed by atoms with E-state index >= 15 is 0 Å². The number of H-pyrrole nitrogens is 1. The number of nitrogens with one attached hydrogen (secondary N) is 1. The summed E-state index contributed by atoms with van der Waals surface area (Å²) in [5.41, 5.74) is 2.03. The highest BCUT2D eigenvalue weighted by Crippen LogP contribution is 2.24. The molecular formula is C17H16N2O2. The summed E-state index contributed by atoms with van der Waals surface area (Å²) in [5.74, 6) is 0.682. The Morgan fingerprint density at radius 2 is 1.57 bits per heavy atom. The SMILES string of the molecule is Cn1ccc2c(O)cccc21.Oc1cccc2[nH]ccc12. The lowest BCUT2D eigenvalue weighted by molar-refractivity contribution is 0.481. The van der Waals surface area contributed by atoms with Gasteiger partial charge in [-0.05, 0) is 36.4 Å². The van der Waals surface area contributed by atoms with Gasteiger partial charge in [0.25, 0.3) is 0 Å². The minimum Gasteiger partial charge on any atom is -0.507 e. The molecule has 0 amide bonds. The summed E-state index contributed by atoms with van der Waals surface area (Å²) >= 11 is 0. The van der Waals surface area contributed by atoms with Gasteiger partial charge in [0.15, 0.2) is 0 Å². The Hall–Kier alpha value is -2.88. The molecule has 0 fully saturated rings. The number of phenolic OH excluding ortho intramolecular Hbond substituents is 2. The number of rotatable bonds is 0. The molecule has 4 heteroatoms. The number of phenols is 2. The maximum absolute atomic E-state index is 9.37. The molecule has 0 saturated heterocycles. The Kier molecular flexibility index (Phi) is 3.28. The lowest BCUT2D eigenvalue weighted by atomic mass is 10.2. The fraction of sp³-hybridized carbons (Fsp3) is 0.0588. The van der Waals surface area contributed by atoms with Crippen molar-refractivity contribution in [1.29, 1.82) is 0 Å². The first-order valence-corrected chi connectivity index (χ1v) is 6.65. The molecule has 2 aromatic carbocycles. The van der Waals surface area contributed by atoms with Crippen molar-refractivity contribution < 1.29 is 10.2 Å². The van der Waals surface area contributed by atoms with Gasteiger partial charge in [-0.1, -0.05) is 12.1 Å².